The highest BCUT2D eigenvalue weighted by Gasteiger charge is 2.26. The van der Waals surface area contributed by atoms with Crippen LogP contribution in [0.4, 0.5) is 0 Å². The Morgan fingerprint density at radius 3 is 1.58 bits per heavy atom. The number of unbranched alkanes of at least 4 members (excludes halogenated alkanes) is 23. The van der Waals surface area contributed by atoms with Crippen LogP contribution in [0.1, 0.15) is 213 Å². The summed E-state index contributed by atoms with van der Waals surface area (Å²) in [4.78, 5) is 47.2. The monoisotopic (exact) mass is 866 g/mol. The summed E-state index contributed by atoms with van der Waals surface area (Å²) in [6.45, 7) is 3.45. The summed E-state index contributed by atoms with van der Waals surface area (Å²) >= 11 is 0. The highest BCUT2D eigenvalue weighted by molar-refractivity contribution is 7.47. The lowest BCUT2D eigenvalue weighted by Gasteiger charge is -2.19. The lowest BCUT2D eigenvalue weighted by molar-refractivity contribution is -0.161. The molecule has 0 aromatic rings. The summed E-state index contributed by atoms with van der Waals surface area (Å²) in [6.07, 6.45) is 48.7. The number of nitrogens with two attached hydrogens (primary N) is 1. The van der Waals surface area contributed by atoms with E-state index in [1.807, 2.05) is 12.2 Å². The van der Waals surface area contributed by atoms with Crippen LogP contribution in [0.15, 0.2) is 48.6 Å². The van der Waals surface area contributed by atoms with Gasteiger partial charge in [0.2, 0.25) is 0 Å². The van der Waals surface area contributed by atoms with Crippen molar-refractivity contribution in [1.82, 2.24) is 0 Å². The van der Waals surface area contributed by atoms with Gasteiger partial charge < -0.3 is 20.1 Å². The molecule has 348 valence electrons. The van der Waals surface area contributed by atoms with Crippen molar-refractivity contribution >= 4 is 25.5 Å². The number of carbonyl (C=O) groups is 3. The van der Waals surface area contributed by atoms with Gasteiger partial charge in [-0.25, -0.2) is 4.57 Å². The first-order valence-corrected chi connectivity index (χ1v) is 25.6. The van der Waals surface area contributed by atoms with E-state index in [-0.39, 0.29) is 44.8 Å². The van der Waals surface area contributed by atoms with Crippen LogP contribution in [-0.4, -0.2) is 55.1 Å². The molecule has 11 heteroatoms. The Bertz CT molecular complexity index is 1190. The molecule has 0 aliphatic rings. The van der Waals surface area contributed by atoms with E-state index in [9.17, 15) is 23.8 Å². The van der Waals surface area contributed by atoms with Crippen LogP contribution in [-0.2, 0) is 37.5 Å². The third-order valence-electron chi connectivity index (χ3n) is 10.2. The van der Waals surface area contributed by atoms with E-state index >= 15 is 0 Å². The van der Waals surface area contributed by atoms with E-state index in [2.05, 4.69) is 38.2 Å². The van der Waals surface area contributed by atoms with Crippen LogP contribution in [0.25, 0.3) is 0 Å². The number of phosphoric ester groups is 1. The molecule has 0 amide bonds. The molecule has 0 aliphatic carbocycles. The first-order valence-electron chi connectivity index (χ1n) is 24.1. The van der Waals surface area contributed by atoms with Crippen molar-refractivity contribution in [2.24, 2.45) is 5.73 Å². The second-order valence-corrected chi connectivity index (χ2v) is 17.5. The third kappa shape index (κ3) is 43.7. The quantitative estimate of drug-likeness (QED) is 0.0151. The molecular weight excluding hydrogens is 778 g/mol. The molecule has 0 rings (SSSR count). The van der Waals surface area contributed by atoms with Crippen molar-refractivity contribution in [3.05, 3.63) is 48.6 Å². The molecule has 0 saturated carbocycles. The molecule has 0 saturated heterocycles. The van der Waals surface area contributed by atoms with Crippen LogP contribution in [0.2, 0.25) is 0 Å². The molecule has 0 heterocycles. The highest BCUT2D eigenvalue weighted by atomic mass is 31.2. The van der Waals surface area contributed by atoms with Gasteiger partial charge in [-0.15, -0.1) is 0 Å². The summed E-state index contributed by atoms with van der Waals surface area (Å²) in [5.41, 5.74) is 5.34. The van der Waals surface area contributed by atoms with Gasteiger partial charge in [-0.3, -0.25) is 23.4 Å². The lowest BCUT2D eigenvalue weighted by atomic mass is 10.0. The fourth-order valence-electron chi connectivity index (χ4n) is 6.59. The van der Waals surface area contributed by atoms with E-state index in [1.54, 1.807) is 6.08 Å². The molecule has 3 N–H and O–H groups in total. The number of ketones is 1. The van der Waals surface area contributed by atoms with Crippen LogP contribution < -0.4 is 5.73 Å². The number of rotatable bonds is 45. The van der Waals surface area contributed by atoms with Crippen molar-refractivity contribution in [2.75, 3.05) is 26.4 Å². The second kappa shape index (κ2) is 44.7. The molecule has 0 bridgehead atoms. The number of esters is 2. The average Bonchev–Trinajstić information content (AvgIpc) is 3.23. The zero-order valence-electron chi connectivity index (χ0n) is 38.2. The molecule has 10 nitrogen and oxygen atoms in total. The Morgan fingerprint density at radius 1 is 0.550 bits per heavy atom. The maximum Gasteiger partial charge on any atom is 0.472 e. The Kier molecular flexibility index (Phi) is 42.9. The van der Waals surface area contributed by atoms with Gasteiger partial charge in [0.05, 0.1) is 13.2 Å². The van der Waals surface area contributed by atoms with E-state index in [0.717, 1.165) is 38.5 Å². The van der Waals surface area contributed by atoms with E-state index in [0.29, 0.717) is 12.8 Å². The first kappa shape index (κ1) is 57.6. The van der Waals surface area contributed by atoms with Crippen LogP contribution in [0, 0.1) is 0 Å². The maximum absolute atomic E-state index is 12.6. The Hall–Kier alpha value is -2.36. The van der Waals surface area contributed by atoms with Crippen molar-refractivity contribution in [3.63, 3.8) is 0 Å². The molecule has 2 atom stereocenters. The summed E-state index contributed by atoms with van der Waals surface area (Å²) < 4.78 is 32.7. The Morgan fingerprint density at radius 2 is 1.03 bits per heavy atom. The SMILES string of the molecule is CCCCC/C=C\C/C=C\C/C=C\C=C\C(=O)CCCC(=O)OC[C@H](COP(=O)(O)OCCN)OC(=O)CCCCCCCCCCCCCCCCCCCCCCC. The predicted octanol–water partition coefficient (Wildman–Crippen LogP) is 13.5. The van der Waals surface area contributed by atoms with Gasteiger partial charge in [0, 0.05) is 25.8 Å². The van der Waals surface area contributed by atoms with E-state index in [1.165, 1.54) is 134 Å². The number of phosphoric acid groups is 1. The number of carbonyl (C=O) groups excluding carboxylic acids is 3. The van der Waals surface area contributed by atoms with Crippen molar-refractivity contribution < 1.29 is 42.4 Å². The topological polar surface area (TPSA) is 151 Å². The number of allylic oxidation sites excluding steroid dienone is 8. The van der Waals surface area contributed by atoms with E-state index in [4.69, 9.17) is 24.3 Å². The third-order valence-corrected chi connectivity index (χ3v) is 11.2. The van der Waals surface area contributed by atoms with Gasteiger partial charge in [0.15, 0.2) is 11.9 Å². The van der Waals surface area contributed by atoms with Crippen molar-refractivity contribution in [3.8, 4) is 0 Å². The largest absolute Gasteiger partial charge is 0.472 e. The number of ether oxygens (including phenoxy) is 2. The Labute approximate surface area is 366 Å². The molecule has 0 aromatic carbocycles. The van der Waals surface area contributed by atoms with Gasteiger partial charge in [0.25, 0.3) is 0 Å². The predicted molar refractivity (Wildman–Crippen MR) is 248 cm³/mol. The van der Waals surface area contributed by atoms with Crippen LogP contribution in [0.5, 0.6) is 0 Å². The fourth-order valence-corrected chi connectivity index (χ4v) is 7.35. The van der Waals surface area contributed by atoms with Gasteiger partial charge in [-0.2, -0.15) is 0 Å². The molecule has 0 aromatic heterocycles. The maximum atomic E-state index is 12.6. The van der Waals surface area contributed by atoms with Crippen LogP contribution in [0.3, 0.4) is 0 Å². The second-order valence-electron chi connectivity index (χ2n) is 16.0. The molecular formula is C49H88NO9P. The fraction of sp³-hybridized carbons (Fsp3) is 0.776. The lowest BCUT2D eigenvalue weighted by Crippen LogP contribution is -2.29. The van der Waals surface area contributed by atoms with Crippen molar-refractivity contribution in [1.29, 1.82) is 0 Å². The van der Waals surface area contributed by atoms with Gasteiger partial charge in [0.1, 0.15) is 6.61 Å². The normalized spacial score (nSPS) is 13.5. The average molecular weight is 866 g/mol. The van der Waals surface area contributed by atoms with Gasteiger partial charge >= 0.3 is 19.8 Å². The summed E-state index contributed by atoms with van der Waals surface area (Å²) in [6, 6.07) is 0. The summed E-state index contributed by atoms with van der Waals surface area (Å²) in [5, 5.41) is 0. The molecule has 1 unspecified atom stereocenters. The Balaban J connectivity index is 4.22. The number of hydrogen-bond donors (Lipinski definition) is 2. The van der Waals surface area contributed by atoms with E-state index < -0.39 is 32.5 Å². The zero-order valence-corrected chi connectivity index (χ0v) is 39.1. The molecule has 60 heavy (non-hydrogen) atoms. The molecule has 0 fully saturated rings. The number of hydrogen-bond acceptors (Lipinski definition) is 9. The van der Waals surface area contributed by atoms with Gasteiger partial charge in [-0.05, 0) is 44.6 Å². The molecule has 0 spiro atoms. The minimum absolute atomic E-state index is 0.00761. The standard InChI is InChI=1S/C49H88NO9P/c1-3-5-7-9-11-13-15-17-18-19-20-21-22-23-24-26-28-30-32-34-36-40-49(53)59-47(45-58-60(54,55)57-43-42-50)44-56-48(52)41-37-39-46(51)38-35-33-31-29-27-25-16-14-12-10-8-6-4-2/h12,14,25,27,31,33,35,38,47H,3-11,13,15-24,26,28-30,32,34,36-37,39-45,50H2,1-2H3,(H,54,55)/b14-12-,27-25-,33-31-,38-35+/t47-/m1/s1. The smallest absolute Gasteiger partial charge is 0.462 e. The zero-order chi connectivity index (χ0) is 44.0. The minimum Gasteiger partial charge on any atom is -0.462 e. The highest BCUT2D eigenvalue weighted by Crippen LogP contribution is 2.43. The first-order chi connectivity index (χ1) is 29.2. The van der Waals surface area contributed by atoms with Gasteiger partial charge in [-0.1, -0.05) is 198 Å². The minimum atomic E-state index is -4.43. The summed E-state index contributed by atoms with van der Waals surface area (Å²) in [5.74, 6) is -1.18. The van der Waals surface area contributed by atoms with Crippen molar-refractivity contribution in [2.45, 2.75) is 219 Å². The molecule has 0 radical (unpaired) electrons. The summed E-state index contributed by atoms with van der Waals surface area (Å²) in [7, 11) is -4.43. The molecule has 0 aliphatic heterocycles. The van der Waals surface area contributed by atoms with Crippen LogP contribution >= 0.6 is 7.82 Å².